The van der Waals surface area contributed by atoms with Crippen molar-refractivity contribution in [3.8, 4) is 5.75 Å². The van der Waals surface area contributed by atoms with Crippen molar-refractivity contribution < 1.29 is 18.3 Å². The Hall–Kier alpha value is -3.45. The van der Waals surface area contributed by atoms with Crippen LogP contribution in [0.3, 0.4) is 0 Å². The van der Waals surface area contributed by atoms with E-state index in [-0.39, 0.29) is 16.6 Å². The number of carbonyl (C=O) groups is 1. The quantitative estimate of drug-likeness (QED) is 0.696. The molecule has 0 bridgehead atoms. The van der Waals surface area contributed by atoms with Gasteiger partial charge >= 0.3 is 0 Å². The Morgan fingerprint density at radius 1 is 0.967 bits per heavy atom. The molecule has 6 nitrogen and oxygen atoms in total. The number of para-hydroxylation sites is 1. The van der Waals surface area contributed by atoms with E-state index >= 15 is 0 Å². The maximum Gasteiger partial charge on any atom is 0.274 e. The molecule has 152 valence electrons. The van der Waals surface area contributed by atoms with Gasteiger partial charge in [-0.05, 0) is 35.9 Å². The summed E-state index contributed by atoms with van der Waals surface area (Å²) < 4.78 is 23.4. The highest BCUT2D eigenvalue weighted by atomic mass is 32.2. The number of hydrogen-bond donors (Lipinski definition) is 1. The molecule has 7 heteroatoms. The second-order valence-corrected chi connectivity index (χ2v) is 9.15. The number of carbonyl (C=O) groups excluding carboxylic acids is 1. The van der Waals surface area contributed by atoms with Gasteiger partial charge < -0.3 is 5.11 Å². The molecule has 1 unspecified atom stereocenters. The van der Waals surface area contributed by atoms with Gasteiger partial charge in [0.25, 0.3) is 5.91 Å². The normalized spacial score (nSPS) is 16.4. The highest BCUT2D eigenvalue weighted by Gasteiger charge is 2.35. The summed E-state index contributed by atoms with van der Waals surface area (Å²) in [6, 6.07) is 21.8. The van der Waals surface area contributed by atoms with Crippen LogP contribution >= 0.6 is 0 Å². The van der Waals surface area contributed by atoms with Crippen LogP contribution in [0.5, 0.6) is 5.75 Å². The highest BCUT2D eigenvalue weighted by Crippen LogP contribution is 2.37. The molecule has 3 aromatic rings. The maximum atomic E-state index is 13.3. The molecule has 0 spiro atoms. The van der Waals surface area contributed by atoms with Crippen LogP contribution in [0.25, 0.3) is 0 Å². The molecule has 0 aliphatic carbocycles. The molecule has 4 rings (SSSR count). The summed E-state index contributed by atoms with van der Waals surface area (Å²) in [4.78, 5) is 13.4. The van der Waals surface area contributed by atoms with Gasteiger partial charge in [-0.3, -0.25) is 4.79 Å². The largest absolute Gasteiger partial charge is 0.508 e. The molecule has 0 aromatic heterocycles. The second-order valence-electron chi connectivity index (χ2n) is 7.14. The Kier molecular flexibility index (Phi) is 5.13. The minimum atomic E-state index is -3.35. The smallest absolute Gasteiger partial charge is 0.274 e. The lowest BCUT2D eigenvalue weighted by atomic mass is 9.97. The minimum absolute atomic E-state index is 0.0947. The number of hydrogen-bond acceptors (Lipinski definition) is 5. The third-order valence-electron chi connectivity index (χ3n) is 5.05. The molecule has 0 saturated carbocycles. The van der Waals surface area contributed by atoms with Crippen LogP contribution in [-0.4, -0.2) is 36.4 Å². The predicted molar refractivity (Wildman–Crippen MR) is 114 cm³/mol. The Morgan fingerprint density at radius 3 is 2.23 bits per heavy atom. The lowest BCUT2D eigenvalue weighted by Crippen LogP contribution is -2.27. The van der Waals surface area contributed by atoms with E-state index in [0.717, 1.165) is 17.5 Å². The molecule has 1 atom stereocenters. The van der Waals surface area contributed by atoms with Crippen molar-refractivity contribution in [3.05, 3.63) is 95.6 Å². The number of nitrogens with zero attached hydrogens (tertiary/aromatic N) is 2. The zero-order valence-corrected chi connectivity index (χ0v) is 17.1. The number of rotatable bonds is 4. The van der Waals surface area contributed by atoms with Gasteiger partial charge in [-0.1, -0.05) is 48.5 Å². The molecule has 30 heavy (non-hydrogen) atoms. The summed E-state index contributed by atoms with van der Waals surface area (Å²) in [6.45, 7) is 0. The van der Waals surface area contributed by atoms with Crippen molar-refractivity contribution >= 4 is 21.5 Å². The van der Waals surface area contributed by atoms with E-state index in [4.69, 9.17) is 0 Å². The van der Waals surface area contributed by atoms with Crippen molar-refractivity contribution in [2.24, 2.45) is 5.10 Å². The van der Waals surface area contributed by atoms with Crippen LogP contribution in [0.4, 0.5) is 0 Å². The minimum Gasteiger partial charge on any atom is -0.508 e. The Labute approximate surface area is 175 Å². The summed E-state index contributed by atoms with van der Waals surface area (Å²) in [5.74, 6) is -0.272. The van der Waals surface area contributed by atoms with Crippen molar-refractivity contribution in [2.75, 3.05) is 6.26 Å². The summed E-state index contributed by atoms with van der Waals surface area (Å²) >= 11 is 0. The van der Waals surface area contributed by atoms with E-state index in [1.54, 1.807) is 24.3 Å². The fourth-order valence-electron chi connectivity index (χ4n) is 3.49. The molecule has 0 fully saturated rings. The van der Waals surface area contributed by atoms with Crippen molar-refractivity contribution in [3.63, 3.8) is 0 Å². The Morgan fingerprint density at radius 2 is 1.60 bits per heavy atom. The molecular formula is C23H20N2O4S. The topological polar surface area (TPSA) is 87.0 Å². The summed E-state index contributed by atoms with van der Waals surface area (Å²) in [5, 5.41) is 16.3. The fraction of sp³-hybridized carbons (Fsp3) is 0.130. The first-order valence-corrected chi connectivity index (χ1v) is 11.3. The molecule has 1 amide bonds. The van der Waals surface area contributed by atoms with Gasteiger partial charge in [-0.15, -0.1) is 0 Å². The summed E-state index contributed by atoms with van der Waals surface area (Å²) in [7, 11) is -3.35. The average Bonchev–Trinajstić information content (AvgIpc) is 3.19. The molecule has 1 N–H and O–H groups in total. The lowest BCUT2D eigenvalue weighted by molar-refractivity contribution is 0.0709. The Balaban J connectivity index is 1.73. The predicted octanol–water partition coefficient (Wildman–Crippen LogP) is 3.79. The van der Waals surface area contributed by atoms with E-state index < -0.39 is 15.9 Å². The maximum absolute atomic E-state index is 13.3. The zero-order chi connectivity index (χ0) is 21.3. The molecular weight excluding hydrogens is 400 g/mol. The average molecular weight is 420 g/mol. The summed E-state index contributed by atoms with van der Waals surface area (Å²) in [6.07, 6.45) is 1.57. The van der Waals surface area contributed by atoms with Gasteiger partial charge in [0.15, 0.2) is 9.84 Å². The lowest BCUT2D eigenvalue weighted by Gasteiger charge is -2.22. The first-order valence-electron chi connectivity index (χ1n) is 9.39. The van der Waals surface area contributed by atoms with Gasteiger partial charge in [0, 0.05) is 23.8 Å². The zero-order valence-electron chi connectivity index (χ0n) is 16.3. The molecule has 3 aromatic carbocycles. The van der Waals surface area contributed by atoms with E-state index in [9.17, 15) is 18.3 Å². The van der Waals surface area contributed by atoms with E-state index in [2.05, 4.69) is 5.10 Å². The van der Waals surface area contributed by atoms with Crippen molar-refractivity contribution in [1.82, 2.24) is 5.01 Å². The van der Waals surface area contributed by atoms with Crippen LogP contribution < -0.4 is 0 Å². The highest BCUT2D eigenvalue weighted by molar-refractivity contribution is 7.90. The molecule has 1 heterocycles. The van der Waals surface area contributed by atoms with Gasteiger partial charge in [0.2, 0.25) is 0 Å². The van der Waals surface area contributed by atoms with E-state index in [0.29, 0.717) is 17.5 Å². The first kappa shape index (κ1) is 19.8. The van der Waals surface area contributed by atoms with Crippen LogP contribution in [0.15, 0.2) is 88.9 Å². The molecule has 1 aliphatic rings. The third kappa shape index (κ3) is 3.84. The number of sulfone groups is 1. The number of aromatic hydroxyl groups is 1. The fourth-order valence-corrected chi connectivity index (χ4v) is 4.12. The summed E-state index contributed by atoms with van der Waals surface area (Å²) in [5.41, 5.74) is 2.57. The molecule has 0 radical (unpaired) electrons. The number of hydrazone groups is 1. The van der Waals surface area contributed by atoms with Crippen molar-refractivity contribution in [2.45, 2.75) is 17.4 Å². The standard InChI is InChI=1S/C23H20N2O4S/c1-30(28,29)18-13-11-17(12-14-18)23(27)25-21(19-9-5-6-10-22(19)26)15-20(24-25)16-7-3-2-4-8-16/h2-14,21,26H,15H2,1H3. The van der Waals surface area contributed by atoms with Crippen LogP contribution in [0.2, 0.25) is 0 Å². The van der Waals surface area contributed by atoms with Crippen molar-refractivity contribution in [1.29, 1.82) is 0 Å². The van der Waals surface area contributed by atoms with Gasteiger partial charge in [-0.25, -0.2) is 13.4 Å². The third-order valence-corrected chi connectivity index (χ3v) is 6.18. The van der Waals surface area contributed by atoms with E-state index in [1.807, 2.05) is 30.3 Å². The number of phenols is 1. The SMILES string of the molecule is CS(=O)(=O)c1ccc(C(=O)N2N=C(c3ccccc3)CC2c2ccccc2O)cc1. The van der Waals surface area contributed by atoms with Gasteiger partial charge in [0.1, 0.15) is 5.75 Å². The Bertz CT molecular complexity index is 1220. The number of phenolic OH excluding ortho intramolecular Hbond substituents is 1. The van der Waals surface area contributed by atoms with Crippen LogP contribution in [0, 0.1) is 0 Å². The monoisotopic (exact) mass is 420 g/mol. The number of benzene rings is 3. The second kappa shape index (κ2) is 7.76. The van der Waals surface area contributed by atoms with Crippen LogP contribution in [-0.2, 0) is 9.84 Å². The number of amides is 1. The van der Waals surface area contributed by atoms with Crippen LogP contribution in [0.1, 0.15) is 33.9 Å². The first-order chi connectivity index (χ1) is 14.3. The van der Waals surface area contributed by atoms with Gasteiger partial charge in [0.05, 0.1) is 16.6 Å². The van der Waals surface area contributed by atoms with E-state index in [1.165, 1.54) is 29.3 Å². The molecule has 0 saturated heterocycles. The molecule has 1 aliphatic heterocycles. The van der Waals surface area contributed by atoms with Gasteiger partial charge in [-0.2, -0.15) is 5.10 Å².